The Kier molecular flexibility index (Phi) is 5.19. The minimum Gasteiger partial charge on any atom is -0.489 e. The number of furan rings is 1. The van der Waals surface area contributed by atoms with Crippen LogP contribution in [-0.4, -0.2) is 5.91 Å². The lowest BCUT2D eigenvalue weighted by molar-refractivity contribution is 0.0993. The minimum atomic E-state index is -0.273. The Morgan fingerprint density at radius 1 is 1.04 bits per heavy atom. The number of ether oxygens (including phenoxy) is 1. The number of carbonyl (C=O) groups is 1. The predicted molar refractivity (Wildman–Crippen MR) is 98.0 cm³/mol. The van der Waals surface area contributed by atoms with Crippen molar-refractivity contribution in [1.82, 2.24) is 0 Å². The third-order valence-corrected chi connectivity index (χ3v) is 3.92. The quantitative estimate of drug-likeness (QED) is 0.670. The van der Waals surface area contributed by atoms with Crippen molar-refractivity contribution in [2.24, 2.45) is 0 Å². The monoisotopic (exact) mass is 335 g/mol. The third-order valence-electron chi connectivity index (χ3n) is 3.92. The largest absolute Gasteiger partial charge is 0.489 e. The normalized spacial score (nSPS) is 10.7. The number of hydrogen-bond donors (Lipinski definition) is 1. The maximum Gasteiger partial charge on any atom is 0.291 e. The molecule has 0 spiro atoms. The highest BCUT2D eigenvalue weighted by molar-refractivity contribution is 6.03. The van der Waals surface area contributed by atoms with Crippen LogP contribution in [0.5, 0.6) is 5.75 Å². The van der Waals surface area contributed by atoms with Gasteiger partial charge < -0.3 is 14.5 Å². The lowest BCUT2D eigenvalue weighted by Gasteiger charge is -2.13. The van der Waals surface area contributed by atoms with E-state index in [9.17, 15) is 4.79 Å². The second-order valence-corrected chi connectivity index (χ2v) is 6.07. The number of benzene rings is 2. The van der Waals surface area contributed by atoms with Gasteiger partial charge in [0.1, 0.15) is 12.4 Å². The van der Waals surface area contributed by atoms with Crippen LogP contribution in [0.1, 0.15) is 41.4 Å². The molecule has 2 aromatic carbocycles. The van der Waals surface area contributed by atoms with Crippen molar-refractivity contribution in [3.63, 3.8) is 0 Å². The second kappa shape index (κ2) is 7.71. The van der Waals surface area contributed by atoms with Gasteiger partial charge in [-0.25, -0.2) is 0 Å². The number of amides is 1. The minimum absolute atomic E-state index is 0.273. The number of hydrogen-bond acceptors (Lipinski definition) is 3. The Labute approximate surface area is 147 Å². The number of anilines is 1. The summed E-state index contributed by atoms with van der Waals surface area (Å²) < 4.78 is 11.1. The van der Waals surface area contributed by atoms with Gasteiger partial charge in [-0.3, -0.25) is 4.79 Å². The van der Waals surface area contributed by atoms with Gasteiger partial charge in [-0.15, -0.1) is 0 Å². The molecule has 4 nitrogen and oxygen atoms in total. The summed E-state index contributed by atoms with van der Waals surface area (Å²) in [6, 6.07) is 19.0. The van der Waals surface area contributed by atoms with Crippen LogP contribution in [0.25, 0.3) is 0 Å². The SMILES string of the molecule is CC(C)c1ccccc1NC(=O)c1occc1COc1ccccc1. The maximum atomic E-state index is 12.6. The summed E-state index contributed by atoms with van der Waals surface area (Å²) in [5.74, 6) is 1.06. The molecular weight excluding hydrogens is 314 g/mol. The van der Waals surface area contributed by atoms with E-state index in [-0.39, 0.29) is 18.3 Å². The molecular formula is C21H21NO3. The van der Waals surface area contributed by atoms with Crippen molar-refractivity contribution in [3.8, 4) is 5.75 Å². The zero-order valence-electron chi connectivity index (χ0n) is 14.4. The Hall–Kier alpha value is -3.01. The molecule has 3 aromatic rings. The van der Waals surface area contributed by atoms with Crippen LogP contribution in [0.2, 0.25) is 0 Å². The van der Waals surface area contributed by atoms with Gasteiger partial charge in [0, 0.05) is 11.3 Å². The summed E-state index contributed by atoms with van der Waals surface area (Å²) in [6.07, 6.45) is 1.51. The van der Waals surface area contributed by atoms with Crippen molar-refractivity contribution in [1.29, 1.82) is 0 Å². The number of nitrogens with one attached hydrogen (secondary N) is 1. The van der Waals surface area contributed by atoms with E-state index in [0.717, 1.165) is 17.0 Å². The lowest BCUT2D eigenvalue weighted by atomic mass is 10.0. The molecule has 3 rings (SSSR count). The molecule has 1 heterocycles. The van der Waals surface area contributed by atoms with Crippen molar-refractivity contribution >= 4 is 11.6 Å². The summed E-state index contributed by atoms with van der Waals surface area (Å²) in [5, 5.41) is 2.94. The van der Waals surface area contributed by atoms with E-state index >= 15 is 0 Å². The average molecular weight is 335 g/mol. The Bertz CT molecular complexity index is 837. The molecule has 0 aliphatic carbocycles. The first-order valence-corrected chi connectivity index (χ1v) is 8.29. The van der Waals surface area contributed by atoms with E-state index in [1.54, 1.807) is 6.07 Å². The van der Waals surface area contributed by atoms with E-state index in [1.807, 2.05) is 54.6 Å². The summed E-state index contributed by atoms with van der Waals surface area (Å²) >= 11 is 0. The van der Waals surface area contributed by atoms with Crippen LogP contribution in [0.4, 0.5) is 5.69 Å². The molecule has 0 radical (unpaired) electrons. The zero-order chi connectivity index (χ0) is 17.6. The van der Waals surface area contributed by atoms with Crippen LogP contribution in [-0.2, 0) is 6.61 Å². The highest BCUT2D eigenvalue weighted by Crippen LogP contribution is 2.25. The standard InChI is InChI=1S/C21H21NO3/c1-15(2)18-10-6-7-11-19(18)22-21(23)20-16(12-13-24-20)14-25-17-8-4-3-5-9-17/h3-13,15H,14H2,1-2H3,(H,22,23). The molecule has 128 valence electrons. The molecule has 25 heavy (non-hydrogen) atoms. The zero-order valence-corrected chi connectivity index (χ0v) is 14.4. The first-order valence-electron chi connectivity index (χ1n) is 8.29. The van der Waals surface area contributed by atoms with Gasteiger partial charge in [0.05, 0.1) is 6.26 Å². The smallest absolute Gasteiger partial charge is 0.291 e. The summed E-state index contributed by atoms with van der Waals surface area (Å²) in [6.45, 7) is 4.46. The van der Waals surface area contributed by atoms with Crippen LogP contribution in [0, 0.1) is 0 Å². The molecule has 0 aliphatic rings. The molecule has 0 saturated heterocycles. The number of rotatable bonds is 6. The van der Waals surface area contributed by atoms with Crippen LogP contribution < -0.4 is 10.1 Å². The highest BCUT2D eigenvalue weighted by atomic mass is 16.5. The van der Waals surface area contributed by atoms with Crippen molar-refractivity contribution < 1.29 is 13.9 Å². The van der Waals surface area contributed by atoms with Gasteiger partial charge >= 0.3 is 0 Å². The summed E-state index contributed by atoms with van der Waals surface area (Å²) in [5.41, 5.74) is 2.60. The summed E-state index contributed by atoms with van der Waals surface area (Å²) in [7, 11) is 0. The Balaban J connectivity index is 1.73. The number of carbonyl (C=O) groups excluding carboxylic acids is 1. The topological polar surface area (TPSA) is 51.5 Å². The fraction of sp³-hybridized carbons (Fsp3) is 0.190. The van der Waals surface area contributed by atoms with E-state index in [0.29, 0.717) is 11.5 Å². The average Bonchev–Trinajstić information content (AvgIpc) is 3.10. The molecule has 0 saturated carbocycles. The van der Waals surface area contributed by atoms with Gasteiger partial charge in [0.25, 0.3) is 5.91 Å². The second-order valence-electron chi connectivity index (χ2n) is 6.07. The first-order chi connectivity index (χ1) is 12.1. The van der Waals surface area contributed by atoms with Crippen LogP contribution in [0.15, 0.2) is 71.3 Å². The molecule has 1 aromatic heterocycles. The molecule has 0 unspecified atom stereocenters. The van der Waals surface area contributed by atoms with E-state index in [4.69, 9.17) is 9.15 Å². The van der Waals surface area contributed by atoms with Gasteiger partial charge in [-0.2, -0.15) is 0 Å². The molecule has 1 N–H and O–H groups in total. The van der Waals surface area contributed by atoms with Crippen molar-refractivity contribution in [3.05, 3.63) is 83.8 Å². The lowest BCUT2D eigenvalue weighted by Crippen LogP contribution is -2.15. The highest BCUT2D eigenvalue weighted by Gasteiger charge is 2.18. The molecule has 1 amide bonds. The first kappa shape index (κ1) is 16.8. The van der Waals surface area contributed by atoms with Crippen LogP contribution in [0.3, 0.4) is 0 Å². The molecule has 0 aliphatic heterocycles. The van der Waals surface area contributed by atoms with E-state index in [1.165, 1.54) is 6.26 Å². The maximum absolute atomic E-state index is 12.6. The molecule has 0 fully saturated rings. The Morgan fingerprint density at radius 2 is 1.76 bits per heavy atom. The predicted octanol–water partition coefficient (Wildman–Crippen LogP) is 5.23. The van der Waals surface area contributed by atoms with Gasteiger partial charge in [-0.05, 0) is 35.7 Å². The fourth-order valence-electron chi connectivity index (χ4n) is 2.62. The third kappa shape index (κ3) is 4.10. The molecule has 0 atom stereocenters. The van der Waals surface area contributed by atoms with Gasteiger partial charge in [0.2, 0.25) is 0 Å². The van der Waals surface area contributed by atoms with Crippen LogP contribution >= 0.6 is 0 Å². The Morgan fingerprint density at radius 3 is 2.52 bits per heavy atom. The molecule has 4 heteroatoms. The molecule has 0 bridgehead atoms. The van der Waals surface area contributed by atoms with E-state index < -0.39 is 0 Å². The van der Waals surface area contributed by atoms with Gasteiger partial charge in [0.15, 0.2) is 5.76 Å². The van der Waals surface area contributed by atoms with Crippen molar-refractivity contribution in [2.75, 3.05) is 5.32 Å². The fourth-order valence-corrected chi connectivity index (χ4v) is 2.62. The number of para-hydroxylation sites is 2. The van der Waals surface area contributed by atoms with E-state index in [2.05, 4.69) is 19.2 Å². The van der Waals surface area contributed by atoms with Gasteiger partial charge in [-0.1, -0.05) is 50.2 Å². The van der Waals surface area contributed by atoms with Crippen molar-refractivity contribution in [2.45, 2.75) is 26.4 Å². The summed E-state index contributed by atoms with van der Waals surface area (Å²) in [4.78, 5) is 12.6.